The Kier molecular flexibility index (Phi) is 8.40. The molecule has 1 aromatic carbocycles. The van der Waals surface area contributed by atoms with E-state index < -0.39 is 64.2 Å². The molecule has 38 heavy (non-hydrogen) atoms. The zero-order chi connectivity index (χ0) is 27.8. The molecular formula is C19H23ClFN5O10P2. The van der Waals surface area contributed by atoms with Gasteiger partial charge in [0.2, 0.25) is 23.1 Å². The van der Waals surface area contributed by atoms with Crippen molar-refractivity contribution in [3.8, 4) is 5.88 Å². The number of benzene rings is 1. The van der Waals surface area contributed by atoms with Gasteiger partial charge in [0, 0.05) is 5.56 Å². The maximum atomic E-state index is 14.2. The van der Waals surface area contributed by atoms with E-state index in [9.17, 15) is 28.6 Å². The van der Waals surface area contributed by atoms with E-state index in [1.807, 2.05) is 0 Å². The Balaban J connectivity index is 1.49. The predicted molar refractivity (Wildman–Crippen MR) is 128 cm³/mol. The number of aliphatic hydroxyl groups is 2. The van der Waals surface area contributed by atoms with E-state index in [-0.39, 0.29) is 22.6 Å². The summed E-state index contributed by atoms with van der Waals surface area (Å²) in [5, 5.41) is 27.4. The second kappa shape index (κ2) is 11.1. The molecule has 1 aliphatic rings. The molecule has 0 spiro atoms. The molecule has 2 aromatic heterocycles. The highest BCUT2D eigenvalue weighted by Crippen LogP contribution is 2.55. The standard InChI is InChI=1S/C19H23ClFN5O10P2/c1-9(10-4-2-3-5-11(10)21)23-16-17-22-6-13(26(17)25-19(20)24-16)36-18-15(28)14(27)12(35-18)7-34-38(32,33)8-37(29,30)31/h2-6,9,12,14-15,18,27-28H,7-8H2,1H3,(H,32,33)(H,23,24,25)(H2,29,30,31)/t9-,12+,14+,15+,18-/m0/s1. The Labute approximate surface area is 218 Å². The van der Waals surface area contributed by atoms with E-state index >= 15 is 0 Å². The predicted octanol–water partition coefficient (Wildman–Crippen LogP) is 1.25. The smallest absolute Gasteiger partial charge is 0.340 e. The molecule has 0 amide bonds. The zero-order valence-electron chi connectivity index (χ0n) is 19.4. The van der Waals surface area contributed by atoms with Gasteiger partial charge < -0.3 is 44.2 Å². The van der Waals surface area contributed by atoms with Crippen molar-refractivity contribution < 1.29 is 52.4 Å². The number of rotatable bonds is 10. The van der Waals surface area contributed by atoms with Gasteiger partial charge >= 0.3 is 15.2 Å². The lowest BCUT2D eigenvalue weighted by molar-refractivity contribution is -0.117. The van der Waals surface area contributed by atoms with E-state index in [2.05, 4.69) is 24.9 Å². The van der Waals surface area contributed by atoms with Crippen LogP contribution in [-0.2, 0) is 18.4 Å². The second-order valence-electron chi connectivity index (χ2n) is 8.33. The van der Waals surface area contributed by atoms with Crippen molar-refractivity contribution >= 4 is 38.3 Å². The van der Waals surface area contributed by atoms with Crippen molar-refractivity contribution in [2.75, 3.05) is 17.8 Å². The van der Waals surface area contributed by atoms with Crippen molar-refractivity contribution in [1.29, 1.82) is 0 Å². The number of nitrogens with zero attached hydrogens (tertiary/aromatic N) is 4. The molecule has 3 heterocycles. The van der Waals surface area contributed by atoms with Crippen LogP contribution in [0.3, 0.4) is 0 Å². The summed E-state index contributed by atoms with van der Waals surface area (Å²) in [6, 6.07) is 5.60. The summed E-state index contributed by atoms with van der Waals surface area (Å²) in [6.45, 7) is 0.914. The van der Waals surface area contributed by atoms with E-state index in [0.29, 0.717) is 5.56 Å². The minimum Gasteiger partial charge on any atom is -0.444 e. The summed E-state index contributed by atoms with van der Waals surface area (Å²) in [7, 11) is -9.58. The first-order chi connectivity index (χ1) is 17.7. The number of hydrogen-bond donors (Lipinski definition) is 6. The highest BCUT2D eigenvalue weighted by atomic mass is 35.5. The maximum absolute atomic E-state index is 14.2. The molecule has 1 unspecified atom stereocenters. The molecular weight excluding hydrogens is 575 g/mol. The second-order valence-corrected chi connectivity index (χ2v) is 12.7. The maximum Gasteiger partial charge on any atom is 0.340 e. The Morgan fingerprint density at radius 1 is 1.24 bits per heavy atom. The van der Waals surface area contributed by atoms with E-state index in [0.717, 1.165) is 4.52 Å². The highest BCUT2D eigenvalue weighted by Gasteiger charge is 2.46. The highest BCUT2D eigenvalue weighted by molar-refractivity contribution is 7.70. The Bertz CT molecular complexity index is 1410. The minimum atomic E-state index is -4.86. The van der Waals surface area contributed by atoms with Gasteiger partial charge in [-0.25, -0.2) is 9.37 Å². The summed E-state index contributed by atoms with van der Waals surface area (Å²) in [6.07, 6.45) is -5.02. The average Bonchev–Trinajstić information content (AvgIpc) is 3.32. The Morgan fingerprint density at radius 3 is 2.63 bits per heavy atom. The zero-order valence-corrected chi connectivity index (χ0v) is 21.9. The lowest BCUT2D eigenvalue weighted by atomic mass is 10.1. The summed E-state index contributed by atoms with van der Waals surface area (Å²) in [4.78, 5) is 35.6. The van der Waals surface area contributed by atoms with Crippen LogP contribution in [0.1, 0.15) is 18.5 Å². The van der Waals surface area contributed by atoms with Crippen LogP contribution in [0.25, 0.3) is 5.65 Å². The molecule has 6 atom stereocenters. The molecule has 0 radical (unpaired) electrons. The van der Waals surface area contributed by atoms with E-state index in [1.165, 1.54) is 12.3 Å². The Morgan fingerprint density at radius 2 is 1.95 bits per heavy atom. The van der Waals surface area contributed by atoms with Crippen molar-refractivity contribution in [3.05, 3.63) is 47.1 Å². The number of fused-ring (bicyclic) bond motifs is 1. The fraction of sp³-hybridized carbons (Fsp3) is 0.421. The molecule has 0 bridgehead atoms. The third-order valence-electron chi connectivity index (χ3n) is 5.39. The summed E-state index contributed by atoms with van der Waals surface area (Å²) in [5.41, 5.74) is 0.487. The summed E-state index contributed by atoms with van der Waals surface area (Å²) >= 11 is 6.05. The van der Waals surface area contributed by atoms with Crippen LogP contribution < -0.4 is 10.1 Å². The molecule has 4 rings (SSSR count). The van der Waals surface area contributed by atoms with Gasteiger partial charge in [-0.05, 0) is 24.6 Å². The van der Waals surface area contributed by atoms with Gasteiger partial charge in [-0.15, -0.1) is 5.10 Å². The van der Waals surface area contributed by atoms with E-state index in [1.54, 1.807) is 25.1 Å². The van der Waals surface area contributed by atoms with Crippen LogP contribution in [0.5, 0.6) is 5.88 Å². The number of anilines is 1. The number of imidazole rings is 1. The first kappa shape index (κ1) is 28.8. The molecule has 0 saturated carbocycles. The molecule has 1 saturated heterocycles. The average molecular weight is 598 g/mol. The number of hydrogen-bond acceptors (Lipinski definition) is 11. The lowest BCUT2D eigenvalue weighted by Gasteiger charge is -2.18. The monoisotopic (exact) mass is 597 g/mol. The largest absolute Gasteiger partial charge is 0.444 e. The van der Waals surface area contributed by atoms with Gasteiger partial charge in [0.25, 0.3) is 0 Å². The number of ether oxygens (including phenoxy) is 2. The number of aromatic nitrogens is 4. The lowest BCUT2D eigenvalue weighted by Crippen LogP contribution is -2.36. The van der Waals surface area contributed by atoms with Gasteiger partial charge in [-0.2, -0.15) is 9.50 Å². The van der Waals surface area contributed by atoms with Crippen molar-refractivity contribution in [3.63, 3.8) is 0 Å². The topological polar surface area (TPSA) is 218 Å². The molecule has 3 aromatic rings. The summed E-state index contributed by atoms with van der Waals surface area (Å²) in [5.74, 6) is -1.82. The fourth-order valence-electron chi connectivity index (χ4n) is 3.65. The molecule has 1 aliphatic heterocycles. The van der Waals surface area contributed by atoms with Gasteiger partial charge in [0.05, 0.1) is 18.8 Å². The third kappa shape index (κ3) is 6.66. The quantitative estimate of drug-likeness (QED) is 0.181. The molecule has 6 N–H and O–H groups in total. The first-order valence-corrected chi connectivity index (χ1v) is 14.8. The SMILES string of the molecule is C[C@H](Nc1nc(Cl)nn2c(O[C@@H]3O[C@H](COP(=O)(O)CP(=O)(O)O)[C@@H](O)[C@H]3O)cnc12)c1ccccc1F. The van der Waals surface area contributed by atoms with E-state index in [4.69, 9.17) is 30.9 Å². The fourth-order valence-corrected chi connectivity index (χ4v) is 6.38. The van der Waals surface area contributed by atoms with Gasteiger partial charge in [0.15, 0.2) is 11.7 Å². The number of nitrogens with one attached hydrogen (secondary N) is 1. The number of aliphatic hydroxyl groups excluding tert-OH is 2. The normalized spacial score (nSPS) is 24.3. The van der Waals surface area contributed by atoms with Crippen LogP contribution >= 0.6 is 26.8 Å². The third-order valence-corrected chi connectivity index (χ3v) is 9.01. The van der Waals surface area contributed by atoms with Crippen LogP contribution in [0.15, 0.2) is 30.5 Å². The molecule has 19 heteroatoms. The van der Waals surface area contributed by atoms with Crippen LogP contribution in [0, 0.1) is 5.82 Å². The van der Waals surface area contributed by atoms with Crippen LogP contribution in [0.2, 0.25) is 5.28 Å². The van der Waals surface area contributed by atoms with Gasteiger partial charge in [-0.1, -0.05) is 18.2 Å². The van der Waals surface area contributed by atoms with Crippen molar-refractivity contribution in [2.24, 2.45) is 0 Å². The molecule has 208 valence electrons. The molecule has 15 nitrogen and oxygen atoms in total. The van der Waals surface area contributed by atoms with Gasteiger partial charge in [-0.3, -0.25) is 9.13 Å². The van der Waals surface area contributed by atoms with Crippen molar-refractivity contribution in [1.82, 2.24) is 19.6 Å². The first-order valence-electron chi connectivity index (χ1n) is 10.9. The summed E-state index contributed by atoms with van der Waals surface area (Å²) < 4.78 is 53.8. The van der Waals surface area contributed by atoms with Crippen LogP contribution in [0.4, 0.5) is 10.2 Å². The van der Waals surface area contributed by atoms with Gasteiger partial charge in [0.1, 0.15) is 24.1 Å². The molecule has 1 fully saturated rings. The molecule has 0 aliphatic carbocycles. The number of halogens is 2. The van der Waals surface area contributed by atoms with Crippen molar-refractivity contribution in [2.45, 2.75) is 37.6 Å². The minimum absolute atomic E-state index is 0.0990. The van der Waals surface area contributed by atoms with Crippen LogP contribution in [-0.4, -0.2) is 81.6 Å². The Hall–Kier alpha value is -2.23.